The van der Waals surface area contributed by atoms with Gasteiger partial charge in [-0.2, -0.15) is 0 Å². The first-order valence-corrected chi connectivity index (χ1v) is 4.48. The topological polar surface area (TPSA) is 12.4 Å². The molecule has 1 aliphatic heterocycles. The second kappa shape index (κ2) is 2.43. The molecular formula is C12H9N. The Morgan fingerprint density at radius 2 is 2.08 bits per heavy atom. The van der Waals surface area contributed by atoms with Crippen molar-refractivity contribution in [3.63, 3.8) is 0 Å². The fourth-order valence-corrected chi connectivity index (χ4v) is 1.90. The molecule has 0 N–H and O–H groups in total. The normalized spacial score (nSPS) is 17.5. The summed E-state index contributed by atoms with van der Waals surface area (Å²) in [6.45, 7) is 0. The van der Waals surface area contributed by atoms with E-state index in [0.29, 0.717) is 0 Å². The van der Waals surface area contributed by atoms with E-state index in [0.717, 1.165) is 12.1 Å². The number of hydrogen-bond donors (Lipinski definition) is 0. The molecule has 1 aliphatic carbocycles. The molecule has 0 spiro atoms. The standard InChI is InChI=1S/C12H9N/c1-2-5-10-9(4-1)8-12-11(10)6-3-7-13-12/h1-5,7-8H,6H2. The van der Waals surface area contributed by atoms with Crippen LogP contribution in [-0.4, -0.2) is 5.71 Å². The van der Waals surface area contributed by atoms with E-state index in [4.69, 9.17) is 0 Å². The van der Waals surface area contributed by atoms with Gasteiger partial charge >= 0.3 is 0 Å². The molecule has 1 aromatic carbocycles. The molecule has 1 nitrogen and oxygen atoms in total. The Morgan fingerprint density at radius 1 is 1.15 bits per heavy atom. The molecule has 3 rings (SSSR count). The number of hydrogen-bond acceptors (Lipinski definition) is 1. The van der Waals surface area contributed by atoms with Crippen molar-refractivity contribution in [1.82, 2.24) is 0 Å². The van der Waals surface area contributed by atoms with E-state index in [1.165, 1.54) is 16.0 Å². The van der Waals surface area contributed by atoms with Crippen molar-refractivity contribution >= 4 is 17.4 Å². The number of allylic oxidation sites excluding steroid dienone is 1. The van der Waals surface area contributed by atoms with Gasteiger partial charge in [0, 0.05) is 6.20 Å². The molecule has 0 bridgehead atoms. The maximum atomic E-state index is 4.35. The second-order valence-electron chi connectivity index (χ2n) is 3.31. The fourth-order valence-electron chi connectivity index (χ4n) is 1.90. The molecule has 1 heterocycles. The van der Waals surface area contributed by atoms with Crippen LogP contribution in [0.2, 0.25) is 0 Å². The van der Waals surface area contributed by atoms with Crippen LogP contribution in [0.15, 0.2) is 41.5 Å². The van der Waals surface area contributed by atoms with Gasteiger partial charge in [-0.3, -0.25) is 4.99 Å². The molecule has 0 saturated carbocycles. The minimum atomic E-state index is 1.02. The molecular weight excluding hydrogens is 158 g/mol. The van der Waals surface area contributed by atoms with E-state index < -0.39 is 0 Å². The molecule has 1 aromatic rings. The Bertz CT molecular complexity index is 532. The lowest BCUT2D eigenvalue weighted by molar-refractivity contribution is 1.34. The van der Waals surface area contributed by atoms with E-state index in [2.05, 4.69) is 41.4 Å². The molecule has 0 amide bonds. The number of benzene rings is 1. The van der Waals surface area contributed by atoms with Crippen molar-refractivity contribution in [3.05, 3.63) is 47.0 Å². The summed E-state index contributed by atoms with van der Waals surface area (Å²) in [6.07, 6.45) is 7.18. The molecule has 0 aromatic heterocycles. The Labute approximate surface area is 76.4 Å². The predicted octanol–water partition coefficient (Wildman–Crippen LogP) is 0.990. The van der Waals surface area contributed by atoms with Crippen LogP contribution >= 0.6 is 0 Å². The van der Waals surface area contributed by atoms with Gasteiger partial charge < -0.3 is 0 Å². The monoisotopic (exact) mass is 167 g/mol. The van der Waals surface area contributed by atoms with Crippen LogP contribution in [0.3, 0.4) is 0 Å². The van der Waals surface area contributed by atoms with Crippen LogP contribution < -0.4 is 10.4 Å². The smallest absolute Gasteiger partial charge is 0.0676 e. The van der Waals surface area contributed by atoms with Gasteiger partial charge in [0.1, 0.15) is 0 Å². The molecule has 2 aliphatic rings. The third-order valence-corrected chi connectivity index (χ3v) is 2.53. The highest BCUT2D eigenvalue weighted by Gasteiger charge is 2.12. The third kappa shape index (κ3) is 0.903. The number of rotatable bonds is 0. The van der Waals surface area contributed by atoms with E-state index in [1.807, 2.05) is 6.20 Å². The van der Waals surface area contributed by atoms with E-state index >= 15 is 0 Å². The molecule has 0 radical (unpaired) electrons. The molecule has 0 saturated heterocycles. The van der Waals surface area contributed by atoms with Gasteiger partial charge in [-0.1, -0.05) is 30.3 Å². The minimum absolute atomic E-state index is 1.02. The zero-order valence-corrected chi connectivity index (χ0v) is 7.20. The largest absolute Gasteiger partial charge is 0.257 e. The van der Waals surface area contributed by atoms with Crippen LogP contribution in [0.5, 0.6) is 0 Å². The molecule has 13 heavy (non-hydrogen) atoms. The summed E-state index contributed by atoms with van der Waals surface area (Å²) in [6, 6.07) is 8.47. The molecule has 0 fully saturated rings. The Morgan fingerprint density at radius 3 is 3.08 bits per heavy atom. The fraction of sp³-hybridized carbons (Fsp3) is 0.0833. The van der Waals surface area contributed by atoms with Crippen molar-refractivity contribution in [1.29, 1.82) is 0 Å². The first-order chi connectivity index (χ1) is 6.45. The quantitative estimate of drug-likeness (QED) is 0.546. The number of nitrogens with zero attached hydrogens (tertiary/aromatic N) is 1. The highest BCUT2D eigenvalue weighted by molar-refractivity contribution is 6.36. The first kappa shape index (κ1) is 6.84. The minimum Gasteiger partial charge on any atom is -0.257 e. The Balaban J connectivity index is 2.46. The van der Waals surface area contributed by atoms with E-state index in [9.17, 15) is 0 Å². The second-order valence-corrected chi connectivity index (χ2v) is 3.31. The number of aliphatic imine (C=N–C) groups is 1. The lowest BCUT2D eigenvalue weighted by Gasteiger charge is -2.03. The average molecular weight is 167 g/mol. The SMILES string of the molecule is C1=CN=C2C=c3ccccc3=C2C1. The van der Waals surface area contributed by atoms with Crippen LogP contribution in [0.25, 0.3) is 11.6 Å². The van der Waals surface area contributed by atoms with Crippen molar-refractivity contribution < 1.29 is 0 Å². The molecule has 0 unspecified atom stereocenters. The van der Waals surface area contributed by atoms with Crippen LogP contribution in [0.4, 0.5) is 0 Å². The van der Waals surface area contributed by atoms with Gasteiger partial charge in [0.05, 0.1) is 5.71 Å². The van der Waals surface area contributed by atoms with E-state index in [1.54, 1.807) is 0 Å². The van der Waals surface area contributed by atoms with Gasteiger partial charge in [0.2, 0.25) is 0 Å². The summed E-state index contributed by atoms with van der Waals surface area (Å²) in [7, 11) is 0. The summed E-state index contributed by atoms with van der Waals surface area (Å²) >= 11 is 0. The lowest BCUT2D eigenvalue weighted by atomic mass is 10.1. The molecule has 62 valence electrons. The molecule has 0 atom stereocenters. The number of fused-ring (bicyclic) bond motifs is 2. The van der Waals surface area contributed by atoms with Gasteiger partial charge in [0.15, 0.2) is 0 Å². The van der Waals surface area contributed by atoms with Crippen molar-refractivity contribution in [2.24, 2.45) is 4.99 Å². The van der Waals surface area contributed by atoms with Gasteiger partial charge in [0.25, 0.3) is 0 Å². The summed E-state index contributed by atoms with van der Waals surface area (Å²) in [4.78, 5) is 4.35. The van der Waals surface area contributed by atoms with Gasteiger partial charge in [-0.15, -0.1) is 0 Å². The third-order valence-electron chi connectivity index (χ3n) is 2.53. The van der Waals surface area contributed by atoms with Crippen LogP contribution in [-0.2, 0) is 0 Å². The first-order valence-electron chi connectivity index (χ1n) is 4.48. The van der Waals surface area contributed by atoms with Crippen molar-refractivity contribution in [2.45, 2.75) is 6.42 Å². The van der Waals surface area contributed by atoms with Crippen molar-refractivity contribution in [3.8, 4) is 0 Å². The zero-order valence-electron chi connectivity index (χ0n) is 7.20. The Hall–Kier alpha value is -1.63. The highest BCUT2D eigenvalue weighted by atomic mass is 14.7. The highest BCUT2D eigenvalue weighted by Crippen LogP contribution is 2.13. The summed E-state index contributed by atoms with van der Waals surface area (Å²) in [5.74, 6) is 0. The van der Waals surface area contributed by atoms with Crippen LogP contribution in [0.1, 0.15) is 6.42 Å². The lowest BCUT2D eigenvalue weighted by Crippen LogP contribution is -2.21. The maximum Gasteiger partial charge on any atom is 0.0676 e. The van der Waals surface area contributed by atoms with Gasteiger partial charge in [-0.05, 0) is 28.5 Å². The zero-order chi connectivity index (χ0) is 8.67. The van der Waals surface area contributed by atoms with E-state index in [-0.39, 0.29) is 0 Å². The summed E-state index contributed by atoms with van der Waals surface area (Å²) in [5, 5.41) is 2.66. The van der Waals surface area contributed by atoms with Gasteiger partial charge in [-0.25, -0.2) is 0 Å². The summed E-state index contributed by atoms with van der Waals surface area (Å²) < 4.78 is 0. The van der Waals surface area contributed by atoms with Crippen molar-refractivity contribution in [2.75, 3.05) is 0 Å². The average Bonchev–Trinajstić information content (AvgIpc) is 2.56. The maximum absolute atomic E-state index is 4.35. The molecule has 1 heteroatoms. The Kier molecular flexibility index (Phi) is 1.28. The predicted molar refractivity (Wildman–Crippen MR) is 54.8 cm³/mol. The van der Waals surface area contributed by atoms with Crippen LogP contribution in [0, 0.1) is 0 Å². The summed E-state index contributed by atoms with van der Waals surface area (Å²) in [5.41, 5.74) is 2.52.